The van der Waals surface area contributed by atoms with Crippen LogP contribution in [0.2, 0.25) is 0 Å². The van der Waals surface area contributed by atoms with Crippen LogP contribution >= 0.6 is 0 Å². The fraction of sp³-hybridized carbons (Fsp3) is 0.364. The van der Waals surface area contributed by atoms with Crippen molar-refractivity contribution >= 4 is 11.8 Å². The number of nitrogens with one attached hydrogen (secondary N) is 1. The van der Waals surface area contributed by atoms with Gasteiger partial charge in [0.05, 0.1) is 12.0 Å². The molecule has 0 radical (unpaired) electrons. The highest BCUT2D eigenvalue weighted by molar-refractivity contribution is 5.89. The van der Waals surface area contributed by atoms with E-state index in [1.807, 2.05) is 44.2 Å². The summed E-state index contributed by atoms with van der Waals surface area (Å²) in [5, 5.41) is 3.06. The van der Waals surface area contributed by atoms with Crippen LogP contribution in [-0.2, 0) is 16.1 Å². The van der Waals surface area contributed by atoms with Gasteiger partial charge in [0, 0.05) is 19.5 Å². The van der Waals surface area contributed by atoms with E-state index in [0.29, 0.717) is 13.1 Å². The average Bonchev–Trinajstić information content (AvgIpc) is 3.02. The maximum atomic E-state index is 13.2. The maximum Gasteiger partial charge on any atom is 0.225 e. The van der Waals surface area contributed by atoms with Gasteiger partial charge < -0.3 is 10.2 Å². The van der Waals surface area contributed by atoms with Gasteiger partial charge in [-0.3, -0.25) is 9.59 Å². The van der Waals surface area contributed by atoms with E-state index in [9.17, 15) is 14.0 Å². The third kappa shape index (κ3) is 4.73. The summed E-state index contributed by atoms with van der Waals surface area (Å²) in [6.07, 6.45) is 0.229. The van der Waals surface area contributed by atoms with Gasteiger partial charge in [-0.05, 0) is 29.2 Å². The quantitative estimate of drug-likeness (QED) is 0.845. The van der Waals surface area contributed by atoms with Crippen molar-refractivity contribution in [3.63, 3.8) is 0 Å². The Kier molecular flexibility index (Phi) is 5.89. The minimum atomic E-state index is -0.358. The van der Waals surface area contributed by atoms with Gasteiger partial charge in [0.2, 0.25) is 11.8 Å². The van der Waals surface area contributed by atoms with Crippen molar-refractivity contribution in [2.45, 2.75) is 32.9 Å². The molecule has 1 fully saturated rings. The molecule has 1 N–H and O–H groups in total. The van der Waals surface area contributed by atoms with Crippen LogP contribution in [0.1, 0.15) is 37.4 Å². The molecule has 0 spiro atoms. The lowest BCUT2D eigenvalue weighted by molar-refractivity contribution is -0.129. The number of halogens is 1. The van der Waals surface area contributed by atoms with Crippen LogP contribution in [0.5, 0.6) is 0 Å². The summed E-state index contributed by atoms with van der Waals surface area (Å²) in [4.78, 5) is 26.8. The molecule has 3 rings (SSSR count). The number of benzene rings is 2. The minimum absolute atomic E-state index is 0.00174. The first kappa shape index (κ1) is 19.1. The molecular weight excluding hydrogens is 343 g/mol. The average molecular weight is 368 g/mol. The number of likely N-dealkylation sites (tertiary alicyclic amines) is 1. The van der Waals surface area contributed by atoms with Crippen molar-refractivity contribution in [1.82, 2.24) is 10.2 Å². The van der Waals surface area contributed by atoms with Crippen molar-refractivity contribution in [3.05, 3.63) is 71.5 Å². The molecule has 2 unspecified atom stereocenters. The Morgan fingerprint density at radius 2 is 1.81 bits per heavy atom. The molecule has 5 heteroatoms. The van der Waals surface area contributed by atoms with E-state index in [1.54, 1.807) is 17.0 Å². The molecule has 27 heavy (non-hydrogen) atoms. The van der Waals surface area contributed by atoms with Gasteiger partial charge in [-0.1, -0.05) is 56.3 Å². The summed E-state index contributed by atoms with van der Waals surface area (Å²) in [5.41, 5.74) is 1.92. The summed E-state index contributed by atoms with van der Waals surface area (Å²) in [6.45, 7) is 4.97. The van der Waals surface area contributed by atoms with Gasteiger partial charge in [-0.15, -0.1) is 0 Å². The molecule has 0 aliphatic carbocycles. The second-order valence-corrected chi connectivity index (χ2v) is 7.44. The molecule has 0 aromatic heterocycles. The Balaban J connectivity index is 1.64. The molecule has 2 aromatic carbocycles. The maximum absolute atomic E-state index is 13.2. The number of hydrogen-bond acceptors (Lipinski definition) is 2. The predicted octanol–water partition coefficient (Wildman–Crippen LogP) is 3.69. The summed E-state index contributed by atoms with van der Waals surface area (Å²) in [6, 6.07) is 15.8. The summed E-state index contributed by atoms with van der Waals surface area (Å²) in [5.74, 6) is -0.630. The fourth-order valence-corrected chi connectivity index (χ4v) is 3.48. The molecule has 0 saturated carbocycles. The molecule has 4 nitrogen and oxygen atoms in total. The molecule has 142 valence electrons. The minimum Gasteiger partial charge on any atom is -0.349 e. The standard InChI is InChI=1S/C22H25FN2O2/c1-15(2)21(17-8-10-19(23)11-9-17)24-22(27)18-12-20(26)25(14-18)13-16-6-4-3-5-7-16/h3-11,15,18,21H,12-14H2,1-2H3,(H,24,27). The Bertz CT molecular complexity index is 790. The van der Waals surface area contributed by atoms with E-state index in [-0.39, 0.29) is 41.9 Å². The van der Waals surface area contributed by atoms with Crippen LogP contribution < -0.4 is 5.32 Å². The van der Waals surface area contributed by atoms with Gasteiger partial charge in [0.15, 0.2) is 0 Å². The Labute approximate surface area is 159 Å². The van der Waals surface area contributed by atoms with E-state index < -0.39 is 0 Å². The molecule has 1 saturated heterocycles. The van der Waals surface area contributed by atoms with Gasteiger partial charge in [0.25, 0.3) is 0 Å². The van der Waals surface area contributed by atoms with Gasteiger partial charge in [-0.2, -0.15) is 0 Å². The van der Waals surface area contributed by atoms with E-state index in [2.05, 4.69) is 5.32 Å². The monoisotopic (exact) mass is 368 g/mol. The molecule has 0 bridgehead atoms. The molecule has 2 amide bonds. The van der Waals surface area contributed by atoms with Crippen LogP contribution in [0.15, 0.2) is 54.6 Å². The van der Waals surface area contributed by atoms with E-state index in [0.717, 1.165) is 11.1 Å². The first-order valence-electron chi connectivity index (χ1n) is 9.31. The number of amides is 2. The van der Waals surface area contributed by atoms with Gasteiger partial charge in [0.1, 0.15) is 5.82 Å². The second-order valence-electron chi connectivity index (χ2n) is 7.44. The lowest BCUT2D eigenvalue weighted by atomic mass is 9.95. The Hall–Kier alpha value is -2.69. The summed E-state index contributed by atoms with van der Waals surface area (Å²) in [7, 11) is 0. The van der Waals surface area contributed by atoms with Crippen molar-refractivity contribution in [2.75, 3.05) is 6.54 Å². The predicted molar refractivity (Wildman–Crippen MR) is 102 cm³/mol. The number of carbonyl (C=O) groups is 2. The fourth-order valence-electron chi connectivity index (χ4n) is 3.48. The largest absolute Gasteiger partial charge is 0.349 e. The first-order valence-corrected chi connectivity index (χ1v) is 9.31. The van der Waals surface area contributed by atoms with Crippen molar-refractivity contribution in [2.24, 2.45) is 11.8 Å². The summed E-state index contributed by atoms with van der Waals surface area (Å²) >= 11 is 0. The van der Waals surface area contributed by atoms with Crippen LogP contribution in [-0.4, -0.2) is 23.3 Å². The van der Waals surface area contributed by atoms with Crippen LogP contribution in [0.4, 0.5) is 4.39 Å². The molecule has 1 heterocycles. The van der Waals surface area contributed by atoms with E-state index in [1.165, 1.54) is 12.1 Å². The van der Waals surface area contributed by atoms with E-state index >= 15 is 0 Å². The lowest BCUT2D eigenvalue weighted by Gasteiger charge is -2.24. The highest BCUT2D eigenvalue weighted by Gasteiger charge is 2.35. The highest BCUT2D eigenvalue weighted by atomic mass is 19.1. The number of carbonyl (C=O) groups excluding carboxylic acids is 2. The van der Waals surface area contributed by atoms with Crippen molar-refractivity contribution in [3.8, 4) is 0 Å². The highest BCUT2D eigenvalue weighted by Crippen LogP contribution is 2.25. The SMILES string of the molecule is CC(C)C(NC(=O)C1CC(=O)N(Cc2ccccc2)C1)c1ccc(F)cc1. The summed E-state index contributed by atoms with van der Waals surface area (Å²) < 4.78 is 13.2. The topological polar surface area (TPSA) is 49.4 Å². The molecule has 2 aromatic rings. The molecular formula is C22H25FN2O2. The van der Waals surface area contributed by atoms with Crippen LogP contribution in [0.25, 0.3) is 0 Å². The smallest absolute Gasteiger partial charge is 0.225 e. The second kappa shape index (κ2) is 8.33. The third-order valence-corrected chi connectivity index (χ3v) is 5.00. The number of hydrogen-bond donors (Lipinski definition) is 1. The zero-order valence-corrected chi connectivity index (χ0v) is 15.7. The molecule has 1 aliphatic heterocycles. The van der Waals surface area contributed by atoms with Crippen molar-refractivity contribution < 1.29 is 14.0 Å². The van der Waals surface area contributed by atoms with Crippen LogP contribution in [0, 0.1) is 17.7 Å². The number of nitrogens with zero attached hydrogens (tertiary/aromatic N) is 1. The van der Waals surface area contributed by atoms with E-state index in [4.69, 9.17) is 0 Å². The Morgan fingerprint density at radius 3 is 2.44 bits per heavy atom. The molecule has 2 atom stereocenters. The first-order chi connectivity index (χ1) is 12.9. The Morgan fingerprint density at radius 1 is 1.15 bits per heavy atom. The van der Waals surface area contributed by atoms with Crippen molar-refractivity contribution in [1.29, 1.82) is 0 Å². The lowest BCUT2D eigenvalue weighted by Crippen LogP contribution is -2.37. The zero-order valence-electron chi connectivity index (χ0n) is 15.7. The van der Waals surface area contributed by atoms with Gasteiger partial charge in [-0.25, -0.2) is 4.39 Å². The number of rotatable bonds is 6. The normalized spacial score (nSPS) is 18.0. The van der Waals surface area contributed by atoms with Crippen LogP contribution in [0.3, 0.4) is 0 Å². The molecule has 1 aliphatic rings. The zero-order chi connectivity index (χ0) is 19.4. The third-order valence-electron chi connectivity index (χ3n) is 5.00. The van der Waals surface area contributed by atoms with Gasteiger partial charge >= 0.3 is 0 Å².